The zero-order valence-corrected chi connectivity index (χ0v) is 18.4. The first-order valence-electron chi connectivity index (χ1n) is 8.83. The van der Waals surface area contributed by atoms with Crippen LogP contribution in [-0.2, 0) is 6.67 Å². The third-order valence-electron chi connectivity index (χ3n) is 4.50. The normalized spacial score (nSPS) is 17.2. The van der Waals surface area contributed by atoms with Crippen LogP contribution in [0.25, 0.3) is 0 Å². The number of aromatic nitrogens is 2. The number of benzene rings is 1. The van der Waals surface area contributed by atoms with Crippen LogP contribution in [0.1, 0.15) is 31.4 Å². The highest BCUT2D eigenvalue weighted by Gasteiger charge is 2.29. The second-order valence-corrected chi connectivity index (χ2v) is 9.44. The largest absolute Gasteiger partial charge is 0.497 e. The molecule has 2 aromatic rings. The van der Waals surface area contributed by atoms with E-state index in [1.54, 1.807) is 37.3 Å². The maximum absolute atomic E-state index is 5.60. The third-order valence-corrected chi connectivity index (χ3v) is 7.18. The first-order valence-corrected chi connectivity index (χ1v) is 11.0. The molecular formula is C19H25N3O2S3. The van der Waals surface area contributed by atoms with Crippen LogP contribution in [0.3, 0.4) is 0 Å². The summed E-state index contributed by atoms with van der Waals surface area (Å²) in [6.45, 7) is 7.68. The summed E-state index contributed by atoms with van der Waals surface area (Å²) in [5, 5.41) is 4.70. The van der Waals surface area contributed by atoms with Gasteiger partial charge in [-0.3, -0.25) is 4.90 Å². The highest BCUT2D eigenvalue weighted by atomic mass is 32.2. The van der Waals surface area contributed by atoms with E-state index < -0.39 is 0 Å². The Morgan fingerprint density at radius 3 is 2.93 bits per heavy atom. The topological polar surface area (TPSA) is 39.5 Å². The predicted molar refractivity (Wildman–Crippen MR) is 115 cm³/mol. The molecular weight excluding hydrogens is 398 g/mol. The van der Waals surface area contributed by atoms with Crippen LogP contribution in [-0.4, -0.2) is 41.2 Å². The lowest BCUT2D eigenvalue weighted by Gasteiger charge is -2.26. The fraction of sp³-hybridized carbons (Fsp3) is 0.474. The number of hydrogen-bond donors (Lipinski definition) is 0. The molecule has 3 rings (SSSR count). The second-order valence-electron chi connectivity index (χ2n) is 6.60. The highest BCUT2D eigenvalue weighted by molar-refractivity contribution is 8.01. The van der Waals surface area contributed by atoms with E-state index in [9.17, 15) is 0 Å². The van der Waals surface area contributed by atoms with Crippen molar-refractivity contribution in [3.63, 3.8) is 0 Å². The Hall–Kier alpha value is -1.35. The first kappa shape index (κ1) is 20.4. The summed E-state index contributed by atoms with van der Waals surface area (Å²) in [6.07, 6.45) is 2.22. The molecule has 2 heterocycles. The van der Waals surface area contributed by atoms with Crippen molar-refractivity contribution >= 4 is 35.3 Å². The second kappa shape index (κ2) is 9.23. The Balaban J connectivity index is 1.80. The Morgan fingerprint density at radius 2 is 2.22 bits per heavy atom. The molecule has 0 spiro atoms. The maximum Gasteiger partial charge on any atom is 0.181 e. The number of thioether (sulfide) groups is 1. The molecule has 5 nitrogen and oxygen atoms in total. The van der Waals surface area contributed by atoms with Gasteiger partial charge in [0.1, 0.15) is 11.5 Å². The summed E-state index contributed by atoms with van der Waals surface area (Å²) < 4.78 is 14.8. The molecule has 0 amide bonds. The molecule has 1 aliphatic rings. The van der Waals surface area contributed by atoms with Crippen LogP contribution in [0.2, 0.25) is 0 Å². The number of nitrogens with zero attached hydrogens (tertiary/aromatic N) is 3. The van der Waals surface area contributed by atoms with Crippen molar-refractivity contribution in [2.45, 2.75) is 36.8 Å². The van der Waals surface area contributed by atoms with Crippen molar-refractivity contribution in [3.05, 3.63) is 39.9 Å². The van der Waals surface area contributed by atoms with Gasteiger partial charge in [-0.25, -0.2) is 4.68 Å². The predicted octanol–water partition coefficient (Wildman–Crippen LogP) is 5.15. The average Bonchev–Trinajstić information content (AvgIpc) is 3.26. The zero-order chi connectivity index (χ0) is 19.4. The van der Waals surface area contributed by atoms with Crippen LogP contribution in [0.15, 0.2) is 34.7 Å². The van der Waals surface area contributed by atoms with Gasteiger partial charge in [0.05, 0.1) is 20.9 Å². The van der Waals surface area contributed by atoms with E-state index in [4.69, 9.17) is 26.8 Å². The number of methoxy groups -OCH3 is 2. The van der Waals surface area contributed by atoms with Gasteiger partial charge in [-0.05, 0) is 50.2 Å². The minimum Gasteiger partial charge on any atom is -0.497 e. The van der Waals surface area contributed by atoms with Crippen molar-refractivity contribution in [1.29, 1.82) is 0 Å². The monoisotopic (exact) mass is 423 g/mol. The Morgan fingerprint density at radius 1 is 1.41 bits per heavy atom. The van der Waals surface area contributed by atoms with E-state index >= 15 is 0 Å². The minimum absolute atomic E-state index is 0.269. The van der Waals surface area contributed by atoms with Gasteiger partial charge in [0.25, 0.3) is 0 Å². The Kier molecular flexibility index (Phi) is 6.97. The van der Waals surface area contributed by atoms with Crippen molar-refractivity contribution in [3.8, 4) is 11.5 Å². The van der Waals surface area contributed by atoms with Gasteiger partial charge < -0.3 is 9.47 Å². The molecule has 1 aliphatic heterocycles. The Bertz CT molecular complexity index is 862. The number of hydrogen-bond acceptors (Lipinski definition) is 7. The molecule has 0 bridgehead atoms. The van der Waals surface area contributed by atoms with Crippen LogP contribution in [0.4, 0.5) is 0 Å². The summed E-state index contributed by atoms with van der Waals surface area (Å²) in [4.78, 5) is 2.42. The summed E-state index contributed by atoms with van der Waals surface area (Å²) in [5.74, 6) is 2.61. The molecule has 0 aliphatic carbocycles. The fourth-order valence-corrected chi connectivity index (χ4v) is 5.40. The van der Waals surface area contributed by atoms with Gasteiger partial charge in [-0.15, -0.1) is 0 Å². The lowest BCUT2D eigenvalue weighted by Crippen LogP contribution is -2.27. The van der Waals surface area contributed by atoms with E-state index in [1.807, 2.05) is 23.7 Å². The molecule has 0 unspecified atom stereocenters. The summed E-state index contributed by atoms with van der Waals surface area (Å²) in [6, 6.07) is 6.26. The lowest BCUT2D eigenvalue weighted by atomic mass is 10.0. The number of ether oxygens (including phenoxy) is 2. The van der Waals surface area contributed by atoms with Gasteiger partial charge in [0.15, 0.2) is 8.29 Å². The smallest absolute Gasteiger partial charge is 0.181 e. The van der Waals surface area contributed by atoms with Crippen LogP contribution < -0.4 is 9.47 Å². The van der Waals surface area contributed by atoms with E-state index in [0.717, 1.165) is 56.1 Å². The van der Waals surface area contributed by atoms with E-state index in [-0.39, 0.29) is 6.04 Å². The lowest BCUT2D eigenvalue weighted by molar-refractivity contribution is 0.186. The Labute approximate surface area is 174 Å². The number of likely N-dealkylation sites (tertiary alicyclic amines) is 1. The minimum atomic E-state index is 0.269. The molecule has 0 N–H and O–H groups in total. The molecule has 0 radical (unpaired) electrons. The molecule has 1 aromatic heterocycles. The van der Waals surface area contributed by atoms with E-state index in [0.29, 0.717) is 6.67 Å². The van der Waals surface area contributed by atoms with Gasteiger partial charge in [0.2, 0.25) is 0 Å². The molecule has 1 saturated heterocycles. The summed E-state index contributed by atoms with van der Waals surface area (Å²) >= 11 is 8.81. The maximum atomic E-state index is 5.60. The summed E-state index contributed by atoms with van der Waals surface area (Å²) in [5.41, 5.74) is 2.30. The average molecular weight is 424 g/mol. The molecule has 27 heavy (non-hydrogen) atoms. The molecule has 0 saturated carbocycles. The van der Waals surface area contributed by atoms with Crippen molar-refractivity contribution in [1.82, 2.24) is 14.7 Å². The standard InChI is InChI=1S/C19H25N3O2S3/c1-13(2)11-26-18-20-22(19(25)27-18)12-21-9-5-6-16(21)15-10-14(23-3)7-8-17(15)24-4/h7-8,10,16H,1,5-6,9,11-12H2,2-4H3/t16-/m1/s1. The molecule has 1 atom stereocenters. The fourth-order valence-electron chi connectivity index (χ4n) is 3.24. The quantitative estimate of drug-likeness (QED) is 0.332. The first-order chi connectivity index (χ1) is 13.0. The van der Waals surface area contributed by atoms with Crippen molar-refractivity contribution < 1.29 is 9.47 Å². The van der Waals surface area contributed by atoms with Crippen LogP contribution in [0, 0.1) is 3.95 Å². The summed E-state index contributed by atoms with van der Waals surface area (Å²) in [7, 11) is 3.41. The van der Waals surface area contributed by atoms with Crippen molar-refractivity contribution in [2.75, 3.05) is 26.5 Å². The molecule has 146 valence electrons. The zero-order valence-electron chi connectivity index (χ0n) is 15.9. The van der Waals surface area contributed by atoms with Gasteiger partial charge in [0, 0.05) is 23.9 Å². The molecule has 1 fully saturated rings. The SMILES string of the molecule is C=C(C)CSc1nn(CN2CCC[C@@H]2c2cc(OC)ccc2OC)c(=S)s1. The van der Waals surface area contributed by atoms with E-state index in [1.165, 1.54) is 0 Å². The van der Waals surface area contributed by atoms with Crippen molar-refractivity contribution in [2.24, 2.45) is 0 Å². The number of rotatable bonds is 8. The van der Waals surface area contributed by atoms with Gasteiger partial charge in [-0.1, -0.05) is 35.3 Å². The van der Waals surface area contributed by atoms with Crippen LogP contribution in [0.5, 0.6) is 11.5 Å². The van der Waals surface area contributed by atoms with E-state index in [2.05, 4.69) is 17.5 Å². The van der Waals surface area contributed by atoms with Gasteiger partial charge in [-0.2, -0.15) is 5.10 Å². The van der Waals surface area contributed by atoms with Gasteiger partial charge >= 0.3 is 0 Å². The molecule has 8 heteroatoms. The highest BCUT2D eigenvalue weighted by Crippen LogP contribution is 2.39. The third kappa shape index (κ3) is 4.93. The van der Waals surface area contributed by atoms with Crippen LogP contribution >= 0.6 is 35.3 Å². The molecule has 1 aromatic carbocycles.